The zero-order chi connectivity index (χ0) is 19.6. The van der Waals surface area contributed by atoms with Crippen LogP contribution in [0.1, 0.15) is 45.6 Å². The summed E-state index contributed by atoms with van der Waals surface area (Å²) in [6.45, 7) is 8.42. The first kappa shape index (κ1) is 19.7. The third-order valence-electron chi connectivity index (χ3n) is 5.66. The minimum atomic E-state index is -0.285. The second kappa shape index (κ2) is 8.33. The Bertz CT molecular complexity index is 788. The van der Waals surface area contributed by atoms with Gasteiger partial charge >= 0.3 is 0 Å². The van der Waals surface area contributed by atoms with Crippen molar-refractivity contribution in [2.24, 2.45) is 11.8 Å². The Kier molecular flexibility index (Phi) is 6.09. The fourth-order valence-corrected chi connectivity index (χ4v) is 4.33. The van der Waals surface area contributed by atoms with Gasteiger partial charge in [-0.15, -0.1) is 10.2 Å². The molecule has 3 rings (SSSR count). The van der Waals surface area contributed by atoms with Crippen molar-refractivity contribution in [3.63, 3.8) is 0 Å². The van der Waals surface area contributed by atoms with Gasteiger partial charge in [0, 0.05) is 11.6 Å². The molecule has 1 aromatic heterocycles. The van der Waals surface area contributed by atoms with Crippen LogP contribution in [-0.2, 0) is 4.79 Å². The van der Waals surface area contributed by atoms with Crippen LogP contribution in [0.4, 0.5) is 0 Å². The molecule has 4 atom stereocenters. The van der Waals surface area contributed by atoms with E-state index < -0.39 is 0 Å². The van der Waals surface area contributed by atoms with E-state index in [0.29, 0.717) is 22.8 Å². The van der Waals surface area contributed by atoms with E-state index in [4.69, 9.17) is 5.84 Å². The van der Waals surface area contributed by atoms with E-state index in [1.165, 1.54) is 34.8 Å². The molecule has 0 aliphatic heterocycles. The molecule has 7 heteroatoms. The Morgan fingerprint density at radius 1 is 1.26 bits per heavy atom. The van der Waals surface area contributed by atoms with E-state index >= 15 is 0 Å². The molecule has 0 radical (unpaired) electrons. The molecular weight excluding hydrogens is 358 g/mol. The van der Waals surface area contributed by atoms with Gasteiger partial charge in [-0.2, -0.15) is 0 Å². The van der Waals surface area contributed by atoms with Crippen molar-refractivity contribution in [2.45, 2.75) is 63.4 Å². The fourth-order valence-electron chi connectivity index (χ4n) is 3.55. The third-order valence-corrected chi connectivity index (χ3v) is 6.72. The highest BCUT2D eigenvalue weighted by molar-refractivity contribution is 8.00. The van der Waals surface area contributed by atoms with Gasteiger partial charge < -0.3 is 11.2 Å². The topological polar surface area (TPSA) is 85.8 Å². The number of amides is 1. The average molecular weight is 388 g/mol. The number of hydrogen-bond acceptors (Lipinski definition) is 5. The summed E-state index contributed by atoms with van der Waals surface area (Å²) in [5.41, 5.74) is 2.08. The van der Waals surface area contributed by atoms with Crippen molar-refractivity contribution in [1.29, 1.82) is 0 Å². The molecule has 1 aliphatic rings. The summed E-state index contributed by atoms with van der Waals surface area (Å²) < 4.78 is 1.46. The van der Waals surface area contributed by atoms with Crippen LogP contribution in [0.2, 0.25) is 0 Å². The van der Waals surface area contributed by atoms with Crippen LogP contribution in [0, 0.1) is 18.8 Å². The SMILES string of the molecule is Cc1ccc(-c2nnc(S[C@H](C)C(=O)N[C@H]3CCC[C@H](C)[C@@H]3C)n2N)cc1. The van der Waals surface area contributed by atoms with Crippen molar-refractivity contribution < 1.29 is 4.79 Å². The Morgan fingerprint density at radius 3 is 2.67 bits per heavy atom. The number of rotatable bonds is 5. The van der Waals surface area contributed by atoms with E-state index in [2.05, 4.69) is 29.4 Å². The molecule has 27 heavy (non-hydrogen) atoms. The summed E-state index contributed by atoms with van der Waals surface area (Å²) in [4.78, 5) is 12.7. The lowest BCUT2D eigenvalue weighted by Gasteiger charge is -2.35. The highest BCUT2D eigenvalue weighted by Crippen LogP contribution is 2.30. The second-order valence-corrected chi connectivity index (χ2v) is 8.99. The molecule has 6 nitrogen and oxygen atoms in total. The number of nitrogens with zero attached hydrogens (tertiary/aromatic N) is 3. The molecular formula is C20H29N5OS. The number of nitrogens with two attached hydrogens (primary N) is 1. The first-order chi connectivity index (χ1) is 12.9. The zero-order valence-corrected chi connectivity index (χ0v) is 17.3. The minimum Gasteiger partial charge on any atom is -0.352 e. The summed E-state index contributed by atoms with van der Waals surface area (Å²) in [6.07, 6.45) is 3.48. The van der Waals surface area contributed by atoms with Crippen LogP contribution in [0.15, 0.2) is 29.4 Å². The van der Waals surface area contributed by atoms with Gasteiger partial charge in [0.1, 0.15) is 0 Å². The van der Waals surface area contributed by atoms with Crippen LogP contribution in [-0.4, -0.2) is 32.1 Å². The molecule has 0 unspecified atom stereocenters. The monoisotopic (exact) mass is 387 g/mol. The van der Waals surface area contributed by atoms with E-state index in [9.17, 15) is 4.79 Å². The lowest BCUT2D eigenvalue weighted by Crippen LogP contribution is -2.46. The Balaban J connectivity index is 1.64. The largest absolute Gasteiger partial charge is 0.352 e. The van der Waals surface area contributed by atoms with Gasteiger partial charge in [-0.05, 0) is 32.1 Å². The van der Waals surface area contributed by atoms with Gasteiger partial charge in [0.15, 0.2) is 5.82 Å². The molecule has 1 heterocycles. The summed E-state index contributed by atoms with van der Waals surface area (Å²) in [5, 5.41) is 11.9. The Hall–Kier alpha value is -2.02. The van der Waals surface area contributed by atoms with Crippen molar-refractivity contribution in [1.82, 2.24) is 20.2 Å². The molecule has 146 valence electrons. The number of nitrogens with one attached hydrogen (secondary N) is 1. The molecule has 0 saturated heterocycles. The molecule has 2 aromatic rings. The summed E-state index contributed by atoms with van der Waals surface area (Å²) in [6, 6.07) is 8.22. The lowest BCUT2D eigenvalue weighted by atomic mass is 9.78. The van der Waals surface area contributed by atoms with Gasteiger partial charge in [-0.3, -0.25) is 4.79 Å². The minimum absolute atomic E-state index is 0.0332. The third kappa shape index (κ3) is 4.46. The molecule has 0 bridgehead atoms. The number of aryl methyl sites for hydroxylation is 1. The first-order valence-corrected chi connectivity index (χ1v) is 10.5. The first-order valence-electron chi connectivity index (χ1n) is 9.61. The average Bonchev–Trinajstić information content (AvgIpc) is 3.00. The number of carbonyl (C=O) groups excluding carboxylic acids is 1. The number of nitrogen functional groups attached to an aromatic ring is 1. The van der Waals surface area contributed by atoms with Gasteiger partial charge in [0.05, 0.1) is 5.25 Å². The maximum atomic E-state index is 12.7. The predicted molar refractivity (Wildman–Crippen MR) is 110 cm³/mol. The van der Waals surface area contributed by atoms with Gasteiger partial charge in [0.2, 0.25) is 11.1 Å². The van der Waals surface area contributed by atoms with Gasteiger partial charge in [-0.1, -0.05) is 68.3 Å². The number of hydrogen-bond donors (Lipinski definition) is 2. The standard InChI is InChI=1S/C20H29N5OS/c1-12-8-10-16(11-9-12)18-23-24-20(25(18)21)27-15(4)19(26)22-17-7-5-6-13(2)14(17)3/h8-11,13-15,17H,5-7,21H2,1-4H3,(H,22,26)/t13-,14-,15+,17-/m0/s1. The van der Waals surface area contributed by atoms with Crippen LogP contribution in [0.5, 0.6) is 0 Å². The van der Waals surface area contributed by atoms with E-state index in [-0.39, 0.29) is 17.2 Å². The van der Waals surface area contributed by atoms with Crippen molar-refractivity contribution in [2.75, 3.05) is 5.84 Å². The van der Waals surface area contributed by atoms with Crippen LogP contribution in [0.3, 0.4) is 0 Å². The highest BCUT2D eigenvalue weighted by atomic mass is 32.2. The molecule has 1 amide bonds. The van der Waals surface area contributed by atoms with Crippen LogP contribution >= 0.6 is 11.8 Å². The van der Waals surface area contributed by atoms with Crippen LogP contribution in [0.25, 0.3) is 11.4 Å². The number of aromatic nitrogens is 3. The van der Waals surface area contributed by atoms with Crippen molar-refractivity contribution >= 4 is 17.7 Å². The second-order valence-electron chi connectivity index (χ2n) is 7.68. The molecule has 0 spiro atoms. The predicted octanol–water partition coefficient (Wildman–Crippen LogP) is 3.39. The lowest BCUT2D eigenvalue weighted by molar-refractivity contribution is -0.121. The summed E-state index contributed by atoms with van der Waals surface area (Å²) in [7, 11) is 0. The fraction of sp³-hybridized carbons (Fsp3) is 0.550. The van der Waals surface area contributed by atoms with E-state index in [0.717, 1.165) is 12.0 Å². The zero-order valence-electron chi connectivity index (χ0n) is 16.5. The normalized spacial score (nSPS) is 23.8. The van der Waals surface area contributed by atoms with Crippen LogP contribution < -0.4 is 11.2 Å². The molecule has 3 N–H and O–H groups in total. The molecule has 1 aliphatic carbocycles. The maximum absolute atomic E-state index is 12.7. The molecule has 1 aromatic carbocycles. The Morgan fingerprint density at radius 2 is 1.96 bits per heavy atom. The van der Waals surface area contributed by atoms with Crippen molar-refractivity contribution in [3.8, 4) is 11.4 Å². The van der Waals surface area contributed by atoms with E-state index in [1.807, 2.05) is 38.1 Å². The van der Waals surface area contributed by atoms with E-state index in [1.54, 1.807) is 0 Å². The van der Waals surface area contributed by atoms with Crippen molar-refractivity contribution in [3.05, 3.63) is 29.8 Å². The number of thioether (sulfide) groups is 1. The molecule has 1 fully saturated rings. The highest BCUT2D eigenvalue weighted by Gasteiger charge is 2.30. The maximum Gasteiger partial charge on any atom is 0.233 e. The quantitative estimate of drug-likeness (QED) is 0.607. The summed E-state index contributed by atoms with van der Waals surface area (Å²) in [5.74, 6) is 7.97. The number of carbonyl (C=O) groups is 1. The van der Waals surface area contributed by atoms with Gasteiger partial charge in [-0.25, -0.2) is 4.68 Å². The summed E-state index contributed by atoms with van der Waals surface area (Å²) >= 11 is 1.34. The number of benzene rings is 1. The smallest absolute Gasteiger partial charge is 0.233 e. The molecule has 1 saturated carbocycles. The Labute approximate surface area is 165 Å². The van der Waals surface area contributed by atoms with Gasteiger partial charge in [0.25, 0.3) is 0 Å².